The van der Waals surface area contributed by atoms with E-state index in [-0.39, 0.29) is 11.8 Å². The zero-order chi connectivity index (χ0) is 16.8. The average molecular weight is 323 g/mol. The molecule has 0 radical (unpaired) electrons. The van der Waals surface area contributed by atoms with Crippen LogP contribution in [0, 0.1) is 13.8 Å². The van der Waals surface area contributed by atoms with Gasteiger partial charge in [0.1, 0.15) is 11.5 Å². The summed E-state index contributed by atoms with van der Waals surface area (Å²) in [5.41, 5.74) is 0.614. The number of rotatable bonds is 6. The molecule has 0 aromatic carbocycles. The van der Waals surface area contributed by atoms with Crippen molar-refractivity contribution in [3.8, 4) is 0 Å². The average Bonchev–Trinajstić information content (AvgIpc) is 2.89. The first kappa shape index (κ1) is 17.5. The van der Waals surface area contributed by atoms with Gasteiger partial charge in [-0.3, -0.25) is 9.59 Å². The number of methoxy groups -OCH3 is 1. The Kier molecular flexibility index (Phi) is 6.18. The van der Waals surface area contributed by atoms with Crippen LogP contribution < -0.4 is 5.32 Å². The Labute approximate surface area is 136 Å². The minimum atomic E-state index is -0.0235. The number of hydrogen-bond acceptors (Lipinski definition) is 5. The summed E-state index contributed by atoms with van der Waals surface area (Å²) in [5, 5.41) is 3.04. The van der Waals surface area contributed by atoms with E-state index in [9.17, 15) is 9.59 Å². The van der Waals surface area contributed by atoms with Crippen LogP contribution in [0.1, 0.15) is 21.9 Å². The molecule has 1 aromatic rings. The second-order valence-electron chi connectivity index (χ2n) is 5.67. The number of nitrogens with one attached hydrogen (secondary N) is 1. The van der Waals surface area contributed by atoms with Crippen molar-refractivity contribution in [1.82, 2.24) is 15.1 Å². The van der Waals surface area contributed by atoms with Gasteiger partial charge in [-0.25, -0.2) is 0 Å². The first-order chi connectivity index (χ1) is 11.0. The third-order valence-corrected chi connectivity index (χ3v) is 3.95. The Bertz CT molecular complexity index is 548. The Morgan fingerprint density at radius 2 is 1.87 bits per heavy atom. The van der Waals surface area contributed by atoms with Crippen molar-refractivity contribution >= 4 is 11.8 Å². The summed E-state index contributed by atoms with van der Waals surface area (Å²) in [7, 11) is 1.63. The number of nitrogens with zero attached hydrogens (tertiary/aromatic N) is 2. The highest BCUT2D eigenvalue weighted by Gasteiger charge is 2.26. The van der Waals surface area contributed by atoms with Gasteiger partial charge in [-0.2, -0.15) is 0 Å². The van der Waals surface area contributed by atoms with Gasteiger partial charge in [-0.15, -0.1) is 0 Å². The van der Waals surface area contributed by atoms with Gasteiger partial charge < -0.3 is 24.3 Å². The molecule has 1 N–H and O–H groups in total. The predicted octanol–water partition coefficient (Wildman–Crippen LogP) is 0.417. The molecule has 0 unspecified atom stereocenters. The topological polar surface area (TPSA) is 75.0 Å². The fourth-order valence-electron chi connectivity index (χ4n) is 2.65. The molecule has 2 amide bonds. The quantitative estimate of drug-likeness (QED) is 0.768. The molecule has 2 heterocycles. The maximum absolute atomic E-state index is 12.5. The second-order valence-corrected chi connectivity index (χ2v) is 5.67. The third-order valence-electron chi connectivity index (χ3n) is 3.95. The molecule has 1 saturated heterocycles. The number of carbonyl (C=O) groups excluding carboxylic acids is 2. The third kappa shape index (κ3) is 4.56. The van der Waals surface area contributed by atoms with Crippen molar-refractivity contribution in [2.45, 2.75) is 13.8 Å². The minimum Gasteiger partial charge on any atom is -0.466 e. The lowest BCUT2D eigenvalue weighted by atomic mass is 10.2. The summed E-state index contributed by atoms with van der Waals surface area (Å²) >= 11 is 0. The number of ether oxygens (including phenoxy) is 1. The van der Waals surface area contributed by atoms with E-state index in [1.165, 1.54) is 0 Å². The van der Waals surface area contributed by atoms with Gasteiger partial charge in [-0.1, -0.05) is 0 Å². The number of carbonyl (C=O) groups is 2. The zero-order valence-corrected chi connectivity index (χ0v) is 14.1. The van der Waals surface area contributed by atoms with Gasteiger partial charge in [0.25, 0.3) is 5.91 Å². The van der Waals surface area contributed by atoms with E-state index in [0.29, 0.717) is 57.2 Å². The van der Waals surface area contributed by atoms with Crippen LogP contribution in [0.4, 0.5) is 0 Å². The Hall–Kier alpha value is -1.86. The summed E-state index contributed by atoms with van der Waals surface area (Å²) in [6.07, 6.45) is 0. The lowest BCUT2D eigenvalue weighted by Gasteiger charge is -2.34. The summed E-state index contributed by atoms with van der Waals surface area (Å²) < 4.78 is 10.3. The number of hydrogen-bond donors (Lipinski definition) is 1. The summed E-state index contributed by atoms with van der Waals surface area (Å²) in [4.78, 5) is 28.1. The second kappa shape index (κ2) is 8.12. The van der Waals surface area contributed by atoms with Crippen molar-refractivity contribution in [2.75, 3.05) is 53.0 Å². The van der Waals surface area contributed by atoms with Crippen LogP contribution in [0.3, 0.4) is 0 Å². The largest absolute Gasteiger partial charge is 0.466 e. The van der Waals surface area contributed by atoms with Gasteiger partial charge in [-0.05, 0) is 19.9 Å². The van der Waals surface area contributed by atoms with Gasteiger partial charge in [0.2, 0.25) is 5.91 Å². The van der Waals surface area contributed by atoms with E-state index in [4.69, 9.17) is 9.15 Å². The summed E-state index contributed by atoms with van der Waals surface area (Å²) in [6, 6.07) is 1.77. The van der Waals surface area contributed by atoms with Gasteiger partial charge in [0.05, 0.1) is 18.7 Å². The van der Waals surface area contributed by atoms with E-state index in [2.05, 4.69) is 5.32 Å². The highest BCUT2D eigenvalue weighted by Crippen LogP contribution is 2.17. The Morgan fingerprint density at radius 1 is 1.22 bits per heavy atom. The molecular formula is C16H25N3O4. The predicted molar refractivity (Wildman–Crippen MR) is 85.4 cm³/mol. The Balaban J connectivity index is 1.80. The summed E-state index contributed by atoms with van der Waals surface area (Å²) in [5.74, 6) is 1.42. The molecule has 0 bridgehead atoms. The zero-order valence-electron chi connectivity index (χ0n) is 14.1. The van der Waals surface area contributed by atoms with Crippen LogP contribution in [0.15, 0.2) is 10.5 Å². The van der Waals surface area contributed by atoms with Crippen LogP contribution in [0.2, 0.25) is 0 Å². The maximum Gasteiger partial charge on any atom is 0.257 e. The molecule has 0 saturated carbocycles. The van der Waals surface area contributed by atoms with Crippen molar-refractivity contribution in [3.05, 3.63) is 23.2 Å². The van der Waals surface area contributed by atoms with E-state index in [1.54, 1.807) is 29.9 Å². The number of amides is 2. The molecule has 128 valence electrons. The minimum absolute atomic E-state index is 0.0235. The standard InChI is InChI=1S/C16H25N3O4/c1-12-10-14(13(2)23-12)16(21)19-7-5-18(6-8-19)15(20)11-17-4-9-22-3/h10,17H,4-9,11H2,1-3H3. The van der Waals surface area contributed by atoms with E-state index >= 15 is 0 Å². The fraction of sp³-hybridized carbons (Fsp3) is 0.625. The van der Waals surface area contributed by atoms with Crippen molar-refractivity contribution in [1.29, 1.82) is 0 Å². The molecule has 1 aliphatic heterocycles. The lowest BCUT2D eigenvalue weighted by Crippen LogP contribution is -2.52. The molecule has 0 atom stereocenters. The molecule has 1 fully saturated rings. The van der Waals surface area contributed by atoms with Gasteiger partial charge in [0, 0.05) is 39.8 Å². The first-order valence-electron chi connectivity index (χ1n) is 7.86. The smallest absolute Gasteiger partial charge is 0.257 e. The van der Waals surface area contributed by atoms with Crippen LogP contribution >= 0.6 is 0 Å². The van der Waals surface area contributed by atoms with E-state index in [1.807, 2.05) is 6.92 Å². The monoisotopic (exact) mass is 323 g/mol. The fourth-order valence-corrected chi connectivity index (χ4v) is 2.65. The van der Waals surface area contributed by atoms with Crippen LogP contribution in [-0.4, -0.2) is 74.6 Å². The van der Waals surface area contributed by atoms with Crippen molar-refractivity contribution in [2.24, 2.45) is 0 Å². The number of furan rings is 1. The molecule has 0 spiro atoms. The van der Waals surface area contributed by atoms with Crippen molar-refractivity contribution in [3.63, 3.8) is 0 Å². The van der Waals surface area contributed by atoms with Gasteiger partial charge in [0.15, 0.2) is 0 Å². The number of aryl methyl sites for hydroxylation is 2. The molecule has 7 nitrogen and oxygen atoms in total. The SMILES string of the molecule is COCCNCC(=O)N1CCN(C(=O)c2cc(C)oc2C)CC1. The molecule has 7 heteroatoms. The molecule has 1 aliphatic rings. The van der Waals surface area contributed by atoms with Crippen LogP contribution in [0.5, 0.6) is 0 Å². The van der Waals surface area contributed by atoms with E-state index in [0.717, 1.165) is 5.76 Å². The first-order valence-corrected chi connectivity index (χ1v) is 7.86. The summed E-state index contributed by atoms with van der Waals surface area (Å²) in [6.45, 7) is 7.39. The normalized spacial score (nSPS) is 15.1. The molecule has 2 rings (SSSR count). The van der Waals surface area contributed by atoms with Crippen LogP contribution in [0.25, 0.3) is 0 Å². The number of piperazine rings is 1. The Morgan fingerprint density at radius 3 is 2.43 bits per heavy atom. The van der Waals surface area contributed by atoms with Crippen LogP contribution in [-0.2, 0) is 9.53 Å². The lowest BCUT2D eigenvalue weighted by molar-refractivity contribution is -0.131. The highest BCUT2D eigenvalue weighted by molar-refractivity contribution is 5.95. The van der Waals surface area contributed by atoms with Crippen molar-refractivity contribution < 1.29 is 18.7 Å². The maximum atomic E-state index is 12.5. The highest BCUT2D eigenvalue weighted by atomic mass is 16.5. The molecular weight excluding hydrogens is 298 g/mol. The molecule has 1 aromatic heterocycles. The van der Waals surface area contributed by atoms with E-state index < -0.39 is 0 Å². The van der Waals surface area contributed by atoms with Gasteiger partial charge >= 0.3 is 0 Å². The molecule has 0 aliphatic carbocycles. The molecule has 23 heavy (non-hydrogen) atoms.